The van der Waals surface area contributed by atoms with Crippen molar-refractivity contribution in [1.82, 2.24) is 10.2 Å². The number of rotatable bonds is 7. The van der Waals surface area contributed by atoms with Crippen molar-refractivity contribution in [1.29, 1.82) is 0 Å². The molecule has 2 aromatic rings. The highest BCUT2D eigenvalue weighted by Crippen LogP contribution is 2.44. The maximum atomic E-state index is 13.4. The first-order valence-corrected chi connectivity index (χ1v) is 12.5. The number of benzene rings is 2. The van der Waals surface area contributed by atoms with Crippen molar-refractivity contribution in [2.45, 2.75) is 58.0 Å². The maximum Gasteiger partial charge on any atom is 0.407 e. The molecule has 1 fully saturated rings. The molecular weight excluding hydrogens is 444 g/mol. The molecule has 7 heteroatoms. The second-order valence-corrected chi connectivity index (χ2v) is 9.85. The Labute approximate surface area is 206 Å². The van der Waals surface area contributed by atoms with E-state index in [4.69, 9.17) is 4.74 Å². The van der Waals surface area contributed by atoms with Crippen LogP contribution in [0.2, 0.25) is 0 Å². The lowest BCUT2D eigenvalue weighted by Crippen LogP contribution is -2.58. The van der Waals surface area contributed by atoms with Crippen LogP contribution in [-0.4, -0.2) is 53.2 Å². The van der Waals surface area contributed by atoms with E-state index in [0.29, 0.717) is 19.4 Å². The maximum absolute atomic E-state index is 13.4. The third-order valence-corrected chi connectivity index (χ3v) is 7.53. The number of carbonyl (C=O) groups excluding carboxylic acids is 2. The fourth-order valence-electron chi connectivity index (χ4n) is 5.27. The molecule has 2 unspecified atom stereocenters. The Morgan fingerprint density at radius 3 is 2.26 bits per heavy atom. The summed E-state index contributed by atoms with van der Waals surface area (Å²) in [4.78, 5) is 39.6. The van der Waals surface area contributed by atoms with Gasteiger partial charge in [0.05, 0.1) is 0 Å². The zero-order valence-corrected chi connectivity index (χ0v) is 20.6. The number of nitrogens with one attached hydrogen (secondary N) is 1. The Balaban J connectivity index is 1.46. The zero-order valence-electron chi connectivity index (χ0n) is 20.6. The molecule has 0 saturated carbocycles. The van der Waals surface area contributed by atoms with Gasteiger partial charge in [-0.05, 0) is 46.9 Å². The van der Waals surface area contributed by atoms with E-state index in [-0.39, 0.29) is 30.3 Å². The number of hydrogen-bond donors (Lipinski definition) is 2. The first kappa shape index (κ1) is 24.8. The van der Waals surface area contributed by atoms with Crippen molar-refractivity contribution in [3.8, 4) is 11.1 Å². The van der Waals surface area contributed by atoms with Crippen LogP contribution in [0.1, 0.15) is 57.1 Å². The third-order valence-electron chi connectivity index (χ3n) is 7.53. The van der Waals surface area contributed by atoms with Crippen molar-refractivity contribution in [2.75, 3.05) is 13.2 Å². The molecule has 4 atom stereocenters. The van der Waals surface area contributed by atoms with Crippen LogP contribution in [0.25, 0.3) is 11.1 Å². The molecule has 7 nitrogen and oxygen atoms in total. The fraction of sp³-hybridized carbons (Fsp3) is 0.464. The number of alkyl carbamates (subject to hydrolysis) is 1. The Morgan fingerprint density at radius 1 is 1.09 bits per heavy atom. The van der Waals surface area contributed by atoms with E-state index in [1.807, 2.05) is 45.0 Å². The number of aliphatic carboxylic acids is 1. The number of ether oxygens (including phenoxy) is 1. The van der Waals surface area contributed by atoms with Gasteiger partial charge in [-0.25, -0.2) is 9.59 Å². The van der Waals surface area contributed by atoms with Crippen LogP contribution in [0.3, 0.4) is 0 Å². The minimum atomic E-state index is -1.01. The van der Waals surface area contributed by atoms with Crippen molar-refractivity contribution in [2.24, 2.45) is 11.8 Å². The average Bonchev–Trinajstić information content (AvgIpc) is 3.18. The van der Waals surface area contributed by atoms with Gasteiger partial charge in [0.15, 0.2) is 0 Å². The van der Waals surface area contributed by atoms with Gasteiger partial charge in [0, 0.05) is 12.5 Å². The molecule has 4 rings (SSSR count). The fourth-order valence-corrected chi connectivity index (χ4v) is 5.27. The van der Waals surface area contributed by atoms with Crippen molar-refractivity contribution < 1.29 is 24.2 Å². The Kier molecular flexibility index (Phi) is 7.43. The number of likely N-dealkylation sites (tertiary alicyclic amines) is 1. The standard InChI is InChI=1S/C28H34N2O5/c1-4-18(3)25(26(31)30-14-13-17(2)15-24(30)27(32)33)29-28(34)35-16-23-21-11-7-5-9-19(21)20-10-6-8-12-22(20)23/h5-12,17-18,23-25H,4,13-16H2,1-3H3,(H,29,34)(H,32,33)/t17?,18-,24?,25-/m0/s1. The van der Waals surface area contributed by atoms with E-state index in [2.05, 4.69) is 29.6 Å². The van der Waals surface area contributed by atoms with Crippen LogP contribution in [0, 0.1) is 11.8 Å². The molecule has 1 heterocycles. The highest BCUT2D eigenvalue weighted by Gasteiger charge is 2.39. The molecular formula is C28H34N2O5. The number of amides is 2. The first-order valence-electron chi connectivity index (χ1n) is 12.5. The van der Waals surface area contributed by atoms with Gasteiger partial charge < -0.3 is 20.1 Å². The van der Waals surface area contributed by atoms with Gasteiger partial charge in [-0.2, -0.15) is 0 Å². The monoisotopic (exact) mass is 478 g/mol. The van der Waals surface area contributed by atoms with E-state index >= 15 is 0 Å². The SMILES string of the molecule is CC[C@H](C)[C@H](NC(=O)OCC1c2ccccc2-c2ccccc21)C(=O)N1CCC(C)CC1C(=O)O. The Morgan fingerprint density at radius 2 is 1.69 bits per heavy atom. The highest BCUT2D eigenvalue weighted by atomic mass is 16.5. The van der Waals surface area contributed by atoms with Crippen LogP contribution in [0.15, 0.2) is 48.5 Å². The van der Waals surface area contributed by atoms with E-state index < -0.39 is 24.1 Å². The molecule has 1 aliphatic carbocycles. The number of nitrogens with zero attached hydrogens (tertiary/aromatic N) is 1. The number of carbonyl (C=O) groups is 3. The van der Waals surface area contributed by atoms with Crippen molar-refractivity contribution >= 4 is 18.0 Å². The third kappa shape index (κ3) is 5.04. The summed E-state index contributed by atoms with van der Waals surface area (Å²) in [5.74, 6) is -1.37. The van der Waals surface area contributed by atoms with Crippen LogP contribution in [-0.2, 0) is 14.3 Å². The topological polar surface area (TPSA) is 95.9 Å². The largest absolute Gasteiger partial charge is 0.480 e. The lowest BCUT2D eigenvalue weighted by atomic mass is 9.90. The molecule has 0 aromatic heterocycles. The number of piperidine rings is 1. The molecule has 0 spiro atoms. The molecule has 2 aromatic carbocycles. The minimum Gasteiger partial charge on any atom is -0.480 e. The molecule has 1 saturated heterocycles. The second kappa shape index (κ2) is 10.5. The highest BCUT2D eigenvalue weighted by molar-refractivity contribution is 5.90. The summed E-state index contributed by atoms with van der Waals surface area (Å²) >= 11 is 0. The summed E-state index contributed by atoms with van der Waals surface area (Å²) in [6, 6.07) is 14.5. The van der Waals surface area contributed by atoms with Gasteiger partial charge in [0.25, 0.3) is 0 Å². The predicted molar refractivity (Wildman–Crippen MR) is 133 cm³/mol. The molecule has 2 N–H and O–H groups in total. The van der Waals surface area contributed by atoms with E-state index in [0.717, 1.165) is 28.7 Å². The van der Waals surface area contributed by atoms with Crippen LogP contribution in [0.4, 0.5) is 4.79 Å². The van der Waals surface area contributed by atoms with Crippen LogP contribution in [0.5, 0.6) is 0 Å². The number of fused-ring (bicyclic) bond motifs is 3. The summed E-state index contributed by atoms with van der Waals surface area (Å²) in [5, 5.41) is 12.5. The van der Waals surface area contributed by atoms with Crippen LogP contribution < -0.4 is 5.32 Å². The summed E-state index contributed by atoms with van der Waals surface area (Å²) in [6.07, 6.45) is 1.15. The van der Waals surface area contributed by atoms with E-state index in [1.165, 1.54) is 4.90 Å². The number of hydrogen-bond acceptors (Lipinski definition) is 4. The number of carboxylic acid groups (broad SMARTS) is 1. The van der Waals surface area contributed by atoms with Gasteiger partial charge in [-0.15, -0.1) is 0 Å². The number of carboxylic acids is 1. The van der Waals surface area contributed by atoms with Gasteiger partial charge in [-0.3, -0.25) is 4.79 Å². The van der Waals surface area contributed by atoms with Crippen LogP contribution >= 0.6 is 0 Å². The molecule has 186 valence electrons. The summed E-state index contributed by atoms with van der Waals surface area (Å²) in [6.45, 7) is 6.35. The summed E-state index contributed by atoms with van der Waals surface area (Å²) < 4.78 is 5.66. The molecule has 1 aliphatic heterocycles. The van der Waals surface area contributed by atoms with E-state index in [9.17, 15) is 19.5 Å². The second-order valence-electron chi connectivity index (χ2n) is 9.85. The molecule has 2 aliphatic rings. The normalized spacial score (nSPS) is 20.9. The smallest absolute Gasteiger partial charge is 0.407 e. The Bertz CT molecular complexity index is 1050. The molecule has 0 radical (unpaired) electrons. The molecule has 2 amide bonds. The first-order chi connectivity index (χ1) is 16.8. The zero-order chi connectivity index (χ0) is 25.1. The van der Waals surface area contributed by atoms with Gasteiger partial charge >= 0.3 is 12.1 Å². The van der Waals surface area contributed by atoms with Gasteiger partial charge in [-0.1, -0.05) is 75.7 Å². The van der Waals surface area contributed by atoms with E-state index in [1.54, 1.807) is 0 Å². The van der Waals surface area contributed by atoms with Gasteiger partial charge in [0.2, 0.25) is 5.91 Å². The molecule has 0 bridgehead atoms. The Hall–Kier alpha value is -3.35. The van der Waals surface area contributed by atoms with Crippen molar-refractivity contribution in [3.05, 3.63) is 59.7 Å². The van der Waals surface area contributed by atoms with Crippen molar-refractivity contribution in [3.63, 3.8) is 0 Å². The average molecular weight is 479 g/mol. The predicted octanol–water partition coefficient (Wildman–Crippen LogP) is 4.65. The van der Waals surface area contributed by atoms with Gasteiger partial charge in [0.1, 0.15) is 18.7 Å². The summed E-state index contributed by atoms with van der Waals surface area (Å²) in [5.41, 5.74) is 4.51. The summed E-state index contributed by atoms with van der Waals surface area (Å²) in [7, 11) is 0. The minimum absolute atomic E-state index is 0.0779. The lowest BCUT2D eigenvalue weighted by molar-refractivity contribution is -0.154. The molecule has 35 heavy (non-hydrogen) atoms. The lowest BCUT2D eigenvalue weighted by Gasteiger charge is -2.39. The quantitative estimate of drug-likeness (QED) is 0.604.